The largest absolute Gasteiger partial charge is 0.326 e. The number of anilines is 1. The predicted octanol–water partition coefficient (Wildman–Crippen LogP) is 1.55. The molecule has 1 aromatic carbocycles. The molecular formula is C19H19N5O3S. The molecule has 28 heavy (non-hydrogen) atoms. The smallest absolute Gasteiger partial charge is 0.315 e. The van der Waals surface area contributed by atoms with Crippen molar-refractivity contribution in [2.24, 2.45) is 0 Å². The van der Waals surface area contributed by atoms with E-state index in [1.807, 2.05) is 24.3 Å². The van der Waals surface area contributed by atoms with E-state index in [-0.39, 0.29) is 23.9 Å². The predicted molar refractivity (Wildman–Crippen MR) is 103 cm³/mol. The summed E-state index contributed by atoms with van der Waals surface area (Å²) >= 11 is 0. The Hall–Kier alpha value is -2.70. The van der Waals surface area contributed by atoms with E-state index in [2.05, 4.69) is 11.1 Å². The van der Waals surface area contributed by atoms with Gasteiger partial charge in [-0.15, -0.1) is 0 Å². The van der Waals surface area contributed by atoms with Crippen LogP contribution in [0.3, 0.4) is 0 Å². The van der Waals surface area contributed by atoms with Crippen LogP contribution in [0.25, 0.3) is 10.8 Å². The van der Waals surface area contributed by atoms with Crippen molar-refractivity contribution in [1.82, 2.24) is 14.2 Å². The Labute approximate surface area is 163 Å². The van der Waals surface area contributed by atoms with Crippen molar-refractivity contribution in [3.63, 3.8) is 0 Å². The standard InChI is InChI=1S/C19H19N5O3S/c20-7-14-12-23(15-10-22(11-15)28(26,27)16-5-6-16)19(25)24(14)18-9-21-8-13-3-1-2-4-17(13)18/h1-4,8-9,14-16H,5-6,10-12H2/t14-/m0/s1. The van der Waals surface area contributed by atoms with Crippen molar-refractivity contribution in [3.05, 3.63) is 36.7 Å². The van der Waals surface area contributed by atoms with Crippen LogP contribution in [0.2, 0.25) is 0 Å². The third-order valence-corrected chi connectivity index (χ3v) is 8.10. The van der Waals surface area contributed by atoms with Gasteiger partial charge in [0.15, 0.2) is 0 Å². The Bertz CT molecular complexity index is 1100. The highest BCUT2D eigenvalue weighted by Crippen LogP contribution is 2.36. The molecule has 0 radical (unpaired) electrons. The van der Waals surface area contributed by atoms with Crippen LogP contribution in [0.1, 0.15) is 12.8 Å². The van der Waals surface area contributed by atoms with Crippen LogP contribution >= 0.6 is 0 Å². The average Bonchev–Trinajstić information content (AvgIpc) is 3.46. The first kappa shape index (κ1) is 17.4. The van der Waals surface area contributed by atoms with Gasteiger partial charge in [-0.25, -0.2) is 13.2 Å². The number of carbonyl (C=O) groups is 1. The van der Waals surface area contributed by atoms with Gasteiger partial charge in [0.05, 0.1) is 35.8 Å². The second kappa shape index (κ2) is 6.15. The van der Waals surface area contributed by atoms with E-state index < -0.39 is 16.1 Å². The number of rotatable bonds is 4. The number of amides is 2. The highest BCUT2D eigenvalue weighted by atomic mass is 32.2. The minimum Gasteiger partial charge on any atom is -0.315 e. The molecular weight excluding hydrogens is 378 g/mol. The number of sulfonamides is 1. The maximum absolute atomic E-state index is 13.2. The molecule has 1 atom stereocenters. The lowest BCUT2D eigenvalue weighted by atomic mass is 10.1. The van der Waals surface area contributed by atoms with Crippen molar-refractivity contribution < 1.29 is 13.2 Å². The second-order valence-corrected chi connectivity index (χ2v) is 9.76. The number of carbonyl (C=O) groups excluding carboxylic acids is 1. The number of hydrogen-bond donors (Lipinski definition) is 0. The zero-order valence-corrected chi connectivity index (χ0v) is 15.9. The SMILES string of the molecule is N#C[C@H]1CN(C2CN(S(=O)(=O)C3CC3)C2)C(=O)N1c1cncc2ccccc12. The van der Waals surface area contributed by atoms with Crippen LogP contribution in [0.4, 0.5) is 10.5 Å². The quantitative estimate of drug-likeness (QED) is 0.780. The summed E-state index contributed by atoms with van der Waals surface area (Å²) in [5, 5.41) is 11.2. The summed E-state index contributed by atoms with van der Waals surface area (Å²) in [6.45, 7) is 0.884. The summed E-state index contributed by atoms with van der Waals surface area (Å²) < 4.78 is 26.1. The van der Waals surface area contributed by atoms with Crippen LogP contribution in [0.5, 0.6) is 0 Å². The minimum atomic E-state index is -3.22. The molecule has 3 aliphatic rings. The molecule has 3 heterocycles. The van der Waals surface area contributed by atoms with Gasteiger partial charge in [-0.3, -0.25) is 9.88 Å². The zero-order valence-electron chi connectivity index (χ0n) is 15.1. The molecule has 0 bridgehead atoms. The summed E-state index contributed by atoms with van der Waals surface area (Å²) in [7, 11) is -3.22. The van der Waals surface area contributed by atoms with Gasteiger partial charge in [0, 0.05) is 30.1 Å². The Morgan fingerprint density at radius 2 is 1.86 bits per heavy atom. The number of hydrogen-bond acceptors (Lipinski definition) is 5. The van der Waals surface area contributed by atoms with Crippen molar-refractivity contribution in [1.29, 1.82) is 5.26 Å². The van der Waals surface area contributed by atoms with Gasteiger partial charge in [0.2, 0.25) is 10.0 Å². The van der Waals surface area contributed by atoms with E-state index in [1.165, 1.54) is 9.21 Å². The number of aromatic nitrogens is 1. The molecule has 1 aliphatic carbocycles. The van der Waals surface area contributed by atoms with Crippen LogP contribution in [-0.2, 0) is 10.0 Å². The second-order valence-electron chi connectivity index (χ2n) is 7.54. The summed E-state index contributed by atoms with van der Waals surface area (Å²) in [5.74, 6) is 0. The molecule has 9 heteroatoms. The fraction of sp³-hybridized carbons (Fsp3) is 0.421. The number of nitrogens with zero attached hydrogens (tertiary/aromatic N) is 5. The third-order valence-electron chi connectivity index (χ3n) is 5.76. The molecule has 2 aliphatic heterocycles. The normalized spacial score (nSPS) is 23.8. The Balaban J connectivity index is 1.41. The van der Waals surface area contributed by atoms with E-state index in [1.54, 1.807) is 17.3 Å². The summed E-state index contributed by atoms with van der Waals surface area (Å²) in [5.41, 5.74) is 0.610. The van der Waals surface area contributed by atoms with Crippen LogP contribution in [0.15, 0.2) is 36.7 Å². The van der Waals surface area contributed by atoms with Crippen LogP contribution in [0, 0.1) is 11.3 Å². The van der Waals surface area contributed by atoms with Crippen LogP contribution in [-0.4, -0.2) is 65.6 Å². The molecule has 3 fully saturated rings. The highest BCUT2D eigenvalue weighted by molar-refractivity contribution is 7.90. The molecule has 0 unspecified atom stereocenters. The van der Waals surface area contributed by atoms with Gasteiger partial charge in [-0.2, -0.15) is 9.57 Å². The fourth-order valence-corrected chi connectivity index (χ4v) is 5.90. The first-order valence-electron chi connectivity index (χ1n) is 9.32. The topological polar surface area (TPSA) is 97.6 Å². The number of benzene rings is 1. The lowest BCUT2D eigenvalue weighted by molar-refractivity contribution is 0.124. The number of nitriles is 1. The van der Waals surface area contributed by atoms with E-state index in [9.17, 15) is 18.5 Å². The lowest BCUT2D eigenvalue weighted by Gasteiger charge is -2.42. The zero-order chi connectivity index (χ0) is 19.5. The van der Waals surface area contributed by atoms with Gasteiger partial charge in [-0.05, 0) is 12.8 Å². The van der Waals surface area contributed by atoms with Gasteiger partial charge in [-0.1, -0.05) is 24.3 Å². The maximum atomic E-state index is 13.2. The summed E-state index contributed by atoms with van der Waals surface area (Å²) in [6.07, 6.45) is 4.79. The molecule has 144 valence electrons. The van der Waals surface area contributed by atoms with Gasteiger partial charge in [0.25, 0.3) is 0 Å². The summed E-state index contributed by atoms with van der Waals surface area (Å²) in [4.78, 5) is 20.5. The molecule has 0 spiro atoms. The van der Waals surface area contributed by atoms with E-state index in [0.29, 0.717) is 18.8 Å². The molecule has 1 saturated carbocycles. The third kappa shape index (κ3) is 2.56. The molecule has 2 amide bonds. The minimum absolute atomic E-state index is 0.190. The highest BCUT2D eigenvalue weighted by Gasteiger charge is 2.50. The van der Waals surface area contributed by atoms with Crippen molar-refractivity contribution in [3.8, 4) is 6.07 Å². The first-order chi connectivity index (χ1) is 13.5. The summed E-state index contributed by atoms with van der Waals surface area (Å²) in [6, 6.07) is 8.74. The molecule has 2 saturated heterocycles. The lowest BCUT2D eigenvalue weighted by Crippen LogP contribution is -2.62. The maximum Gasteiger partial charge on any atom is 0.326 e. The Kier molecular flexibility index (Phi) is 3.82. The average molecular weight is 397 g/mol. The van der Waals surface area contributed by atoms with Gasteiger partial charge >= 0.3 is 6.03 Å². The van der Waals surface area contributed by atoms with E-state index >= 15 is 0 Å². The molecule has 0 N–H and O–H groups in total. The molecule has 1 aromatic heterocycles. The Morgan fingerprint density at radius 3 is 2.57 bits per heavy atom. The van der Waals surface area contributed by atoms with Crippen LogP contribution < -0.4 is 4.90 Å². The molecule has 8 nitrogen and oxygen atoms in total. The number of urea groups is 1. The van der Waals surface area contributed by atoms with Crippen molar-refractivity contribution in [2.45, 2.75) is 30.2 Å². The van der Waals surface area contributed by atoms with Gasteiger partial charge < -0.3 is 4.90 Å². The fourth-order valence-electron chi connectivity index (χ4n) is 3.98. The van der Waals surface area contributed by atoms with Gasteiger partial charge in [0.1, 0.15) is 6.04 Å². The number of pyridine rings is 1. The van der Waals surface area contributed by atoms with E-state index in [4.69, 9.17) is 0 Å². The monoisotopic (exact) mass is 397 g/mol. The molecule has 5 rings (SSSR count). The van der Waals surface area contributed by atoms with Crippen molar-refractivity contribution >= 4 is 32.5 Å². The first-order valence-corrected chi connectivity index (χ1v) is 10.8. The van der Waals surface area contributed by atoms with Crippen molar-refractivity contribution in [2.75, 3.05) is 24.5 Å². The number of fused-ring (bicyclic) bond motifs is 1. The molecule has 2 aromatic rings. The Morgan fingerprint density at radius 1 is 1.11 bits per heavy atom. The van der Waals surface area contributed by atoms with E-state index in [0.717, 1.165) is 23.6 Å².